The molecule has 7 saturated heterocycles. The summed E-state index contributed by atoms with van der Waals surface area (Å²) in [5.41, 5.74) is 1.88. The van der Waals surface area contributed by atoms with Crippen molar-refractivity contribution in [3.8, 4) is 17.6 Å². The molecule has 32 heteroatoms. The third-order valence-electron chi connectivity index (χ3n) is 12.2. The third-order valence-corrected chi connectivity index (χ3v) is 12.2. The topological polar surface area (TPSA) is 365 Å². The second-order valence-corrected chi connectivity index (χ2v) is 19.9. The van der Waals surface area contributed by atoms with Crippen LogP contribution in [0, 0.1) is 18.3 Å². The highest BCUT2D eigenvalue weighted by atomic mass is 16.8. The van der Waals surface area contributed by atoms with Crippen molar-refractivity contribution < 1.29 is 147 Å². The van der Waals surface area contributed by atoms with E-state index in [0.29, 0.717) is 51.0 Å². The van der Waals surface area contributed by atoms with E-state index >= 15 is 0 Å². The Morgan fingerprint density at radius 2 is 0.779 bits per heavy atom. The Morgan fingerprint density at radius 1 is 0.421 bits per heavy atom. The van der Waals surface area contributed by atoms with E-state index in [0.717, 1.165) is 11.1 Å². The number of benzene rings is 3. The first-order chi connectivity index (χ1) is 46.2. The fourth-order valence-corrected chi connectivity index (χ4v) is 7.22. The summed E-state index contributed by atoms with van der Waals surface area (Å²) in [6.07, 6.45) is -2.94. The lowest BCUT2D eigenvalue weighted by molar-refractivity contribution is -0.156. The highest BCUT2D eigenvalue weighted by Crippen LogP contribution is 2.19. The van der Waals surface area contributed by atoms with E-state index in [4.69, 9.17) is 119 Å². The van der Waals surface area contributed by atoms with E-state index in [9.17, 15) is 33.6 Å². The van der Waals surface area contributed by atoms with Gasteiger partial charge in [-0.1, -0.05) is 66.7 Å². The van der Waals surface area contributed by atoms with Crippen molar-refractivity contribution in [3.05, 3.63) is 96.1 Å². The predicted octanol–water partition coefficient (Wildman–Crippen LogP) is 2.97. The molecule has 3 aromatic rings. The Hall–Kier alpha value is -7.24. The maximum absolute atomic E-state index is 11.5. The van der Waals surface area contributed by atoms with Crippen LogP contribution >= 0.6 is 0 Å². The third kappa shape index (κ3) is 35.4. The van der Waals surface area contributed by atoms with Gasteiger partial charge in [0.05, 0.1) is 84.7 Å². The van der Waals surface area contributed by atoms with Crippen molar-refractivity contribution in [2.45, 2.75) is 89.1 Å². The zero-order chi connectivity index (χ0) is 68.5. The van der Waals surface area contributed by atoms with Gasteiger partial charge in [-0.15, -0.1) is 0 Å². The normalized spacial score (nSPS) is 21.2. The van der Waals surface area contributed by atoms with Gasteiger partial charge in [-0.2, -0.15) is 5.26 Å². The molecule has 7 unspecified atom stereocenters. The minimum absolute atomic E-state index is 0.120. The molecule has 7 aliphatic heterocycles. The van der Waals surface area contributed by atoms with E-state index in [1.54, 1.807) is 44.6 Å². The number of methoxy groups -OCH3 is 2. The van der Waals surface area contributed by atoms with Crippen LogP contribution in [0.3, 0.4) is 0 Å². The molecular formula is C63H85NO31. The van der Waals surface area contributed by atoms with E-state index in [1.165, 1.54) is 0 Å². The van der Waals surface area contributed by atoms with Gasteiger partial charge in [0.1, 0.15) is 85.5 Å². The zero-order valence-corrected chi connectivity index (χ0v) is 53.8. The SMILES string of the molecule is CC(C)OCCOC(=O)C1COCO1.COCCCOC(=O)C1COCO1.COCCOC(=O)C1COCO1.Cc1ccccc1OC(=O)C1COCO1.N#CCCOC(=O)C1COCO1.O=C(OCc1ccccc1)C1COCO1.O=C(Oc1ccccc1)C1COCO1. The molecule has 7 atom stereocenters. The van der Waals surface area contributed by atoms with Crippen molar-refractivity contribution in [3.63, 3.8) is 0 Å². The lowest BCUT2D eigenvalue weighted by Crippen LogP contribution is -2.27. The Bertz CT molecular complexity index is 2620. The van der Waals surface area contributed by atoms with Gasteiger partial charge in [0, 0.05) is 27.2 Å². The van der Waals surface area contributed by atoms with Crippen molar-refractivity contribution in [1.29, 1.82) is 5.26 Å². The molecule has 0 radical (unpaired) electrons. The number of rotatable bonds is 24. The number of carbonyl (C=O) groups excluding carboxylic acids is 7. The molecule has 0 amide bonds. The number of para-hydroxylation sites is 2. The average Bonchev–Trinajstić information content (AvgIpc) is 2.59. The highest BCUT2D eigenvalue weighted by molar-refractivity contribution is 5.79. The second kappa shape index (κ2) is 50.2. The lowest BCUT2D eigenvalue weighted by Gasteiger charge is -2.10. The first kappa shape index (κ1) is 80.2. The fraction of sp³-hybridized carbons (Fsp3) is 0.587. The Balaban J connectivity index is 0.000000236. The Labute approximate surface area is 549 Å². The van der Waals surface area contributed by atoms with Gasteiger partial charge in [-0.3, -0.25) is 0 Å². The molecule has 0 bridgehead atoms. The lowest BCUT2D eigenvalue weighted by atomic mass is 10.2. The minimum atomic E-state index is -0.608. The van der Waals surface area contributed by atoms with Crippen molar-refractivity contribution in [2.75, 3.05) is 154 Å². The van der Waals surface area contributed by atoms with Crippen molar-refractivity contribution in [2.24, 2.45) is 0 Å². The molecular weight excluding hydrogens is 1270 g/mol. The number of ether oxygens (including phenoxy) is 24. The second-order valence-electron chi connectivity index (χ2n) is 19.9. The van der Waals surface area contributed by atoms with Gasteiger partial charge >= 0.3 is 41.8 Å². The summed E-state index contributed by atoms with van der Waals surface area (Å²) in [5.74, 6) is -1.66. The summed E-state index contributed by atoms with van der Waals surface area (Å²) in [4.78, 5) is 78.7. The maximum Gasteiger partial charge on any atom is 0.343 e. The van der Waals surface area contributed by atoms with Crippen LogP contribution in [0.25, 0.3) is 0 Å². The predicted molar refractivity (Wildman–Crippen MR) is 318 cm³/mol. The summed E-state index contributed by atoms with van der Waals surface area (Å²) >= 11 is 0. The molecule has 0 aliphatic carbocycles. The van der Waals surface area contributed by atoms with Crippen LogP contribution in [0.15, 0.2) is 84.9 Å². The molecule has 7 fully saturated rings. The smallest absolute Gasteiger partial charge is 0.343 e. The molecule has 95 heavy (non-hydrogen) atoms. The van der Waals surface area contributed by atoms with Crippen molar-refractivity contribution in [1.82, 2.24) is 0 Å². The van der Waals surface area contributed by atoms with E-state index < -0.39 is 60.6 Å². The fourth-order valence-electron chi connectivity index (χ4n) is 7.22. The molecule has 0 aromatic heterocycles. The molecule has 0 N–H and O–H groups in total. The molecule has 0 saturated carbocycles. The molecule has 32 nitrogen and oxygen atoms in total. The number of esters is 7. The summed E-state index contributed by atoms with van der Waals surface area (Å²) in [6.45, 7) is 11.5. The van der Waals surface area contributed by atoms with Crippen LogP contribution in [0.4, 0.5) is 0 Å². The van der Waals surface area contributed by atoms with Gasteiger partial charge in [0.15, 0.2) is 42.7 Å². The summed E-state index contributed by atoms with van der Waals surface area (Å²) < 4.78 is 118. The van der Waals surface area contributed by atoms with E-state index in [-0.39, 0.29) is 150 Å². The first-order valence-electron chi connectivity index (χ1n) is 30.0. The van der Waals surface area contributed by atoms with Crippen LogP contribution in [0.5, 0.6) is 11.5 Å². The van der Waals surface area contributed by atoms with E-state index in [2.05, 4.69) is 0 Å². The monoisotopic (exact) mass is 1350 g/mol. The number of nitriles is 1. The van der Waals surface area contributed by atoms with Gasteiger partial charge in [-0.25, -0.2) is 33.6 Å². The van der Waals surface area contributed by atoms with Crippen LogP contribution < -0.4 is 9.47 Å². The van der Waals surface area contributed by atoms with Gasteiger partial charge in [0.2, 0.25) is 0 Å². The quantitative estimate of drug-likeness (QED) is 0.0538. The minimum Gasteiger partial charge on any atom is -0.464 e. The van der Waals surface area contributed by atoms with Crippen molar-refractivity contribution >= 4 is 41.8 Å². The average molecular weight is 1350 g/mol. The van der Waals surface area contributed by atoms with Gasteiger partial charge in [0.25, 0.3) is 0 Å². The van der Waals surface area contributed by atoms with Crippen LogP contribution in [-0.2, 0) is 144 Å². The number of carbonyl (C=O) groups is 7. The van der Waals surface area contributed by atoms with Crippen LogP contribution in [-0.4, -0.2) is 245 Å². The number of nitrogens with zero attached hydrogens (tertiary/aromatic N) is 1. The molecule has 528 valence electrons. The largest absolute Gasteiger partial charge is 0.464 e. The van der Waals surface area contributed by atoms with Crippen LogP contribution in [0.1, 0.15) is 37.8 Å². The zero-order valence-electron chi connectivity index (χ0n) is 53.8. The Morgan fingerprint density at radius 3 is 1.17 bits per heavy atom. The van der Waals surface area contributed by atoms with Crippen LogP contribution in [0.2, 0.25) is 0 Å². The molecule has 10 rings (SSSR count). The number of hydrogen-bond acceptors (Lipinski definition) is 32. The maximum atomic E-state index is 11.5. The van der Waals surface area contributed by atoms with E-state index in [1.807, 2.05) is 81.4 Å². The highest BCUT2D eigenvalue weighted by Gasteiger charge is 2.31. The standard InChI is InChI=1S/2C11H12O4.C10H10O4.C9H16O5.C8H14O5.C7H9NO4.C7H12O5/c1-8-4-2-3-5-9(8)15-11(12)10-6-13-7-14-10;12-11(10-7-13-8-15-10)14-6-9-4-2-1-3-5-9;11-10(9-6-12-7-13-9)14-8-4-2-1-3-5-8;1-7(2)12-3-4-13-9(10)8-5-11-6-14-8;1-10-3-2-4-12-8(9)7-5-11-6-13-7;8-2-1-3-11-7(9)6-4-10-5-12-6;1-9-2-3-11-7(8)6-4-10-5-12-6/h2-5,10H,6-7H2,1H3;1-5,10H,6-8H2;1-5,9H,6-7H2;7-8H,3-6H2,1-2H3;7H,2-6H2,1H3;6H,1,3-5H2;6H,2-5H2,1H3. The molecule has 7 heterocycles. The van der Waals surface area contributed by atoms with Gasteiger partial charge < -0.3 is 114 Å². The van der Waals surface area contributed by atoms with Gasteiger partial charge in [-0.05, 0) is 50.1 Å². The number of hydrogen-bond donors (Lipinski definition) is 0. The number of aryl methyl sites for hydroxylation is 1. The summed E-state index contributed by atoms with van der Waals surface area (Å²) in [5, 5.41) is 8.15. The Kier molecular flexibility index (Phi) is 42.4. The summed E-state index contributed by atoms with van der Waals surface area (Å²) in [6, 6.07) is 27.6. The summed E-state index contributed by atoms with van der Waals surface area (Å²) in [7, 11) is 3.15. The molecule has 3 aromatic carbocycles. The molecule has 0 spiro atoms. The first-order valence-corrected chi connectivity index (χ1v) is 30.0. The molecule has 7 aliphatic rings.